The van der Waals surface area contributed by atoms with E-state index in [9.17, 15) is 22.4 Å². The molecule has 162 valence electrons. The van der Waals surface area contributed by atoms with E-state index in [2.05, 4.69) is 0 Å². The third-order valence-corrected chi connectivity index (χ3v) is 5.27. The van der Waals surface area contributed by atoms with Crippen molar-refractivity contribution in [2.45, 2.75) is 12.7 Å². The lowest BCUT2D eigenvalue weighted by Crippen LogP contribution is -2.48. The van der Waals surface area contributed by atoms with E-state index in [1.807, 2.05) is 4.90 Å². The molecule has 4 rings (SSSR count). The summed E-state index contributed by atoms with van der Waals surface area (Å²) >= 11 is 0. The molecule has 0 atom stereocenters. The zero-order chi connectivity index (χ0) is 22.0. The number of hydrogen-bond acceptors (Lipinski definition) is 3. The van der Waals surface area contributed by atoms with Gasteiger partial charge in [-0.2, -0.15) is 13.2 Å². The Labute approximate surface area is 176 Å². The van der Waals surface area contributed by atoms with Gasteiger partial charge in [-0.25, -0.2) is 4.39 Å². The number of hydrogen-bond donors (Lipinski definition) is 0. The highest BCUT2D eigenvalue weighted by molar-refractivity contribution is 5.92. The van der Waals surface area contributed by atoms with Crippen molar-refractivity contribution < 1.29 is 26.8 Å². The summed E-state index contributed by atoms with van der Waals surface area (Å²) in [4.78, 5) is 16.4. The van der Waals surface area contributed by atoms with E-state index in [4.69, 9.17) is 4.42 Å². The van der Waals surface area contributed by atoms with Crippen LogP contribution in [0.15, 0.2) is 65.1 Å². The van der Waals surface area contributed by atoms with E-state index >= 15 is 0 Å². The van der Waals surface area contributed by atoms with E-state index in [-0.39, 0.29) is 17.5 Å². The maximum absolute atomic E-state index is 13.1. The number of amides is 1. The zero-order valence-electron chi connectivity index (χ0n) is 16.5. The molecule has 4 nitrogen and oxygen atoms in total. The molecule has 0 aliphatic carbocycles. The third kappa shape index (κ3) is 4.96. The fourth-order valence-corrected chi connectivity index (χ4v) is 3.59. The van der Waals surface area contributed by atoms with Gasteiger partial charge >= 0.3 is 6.18 Å². The molecule has 3 aromatic rings. The second-order valence-corrected chi connectivity index (χ2v) is 7.44. The van der Waals surface area contributed by atoms with Gasteiger partial charge in [0.2, 0.25) is 0 Å². The highest BCUT2D eigenvalue weighted by atomic mass is 19.4. The first kappa shape index (κ1) is 21.1. The Kier molecular flexibility index (Phi) is 5.82. The lowest BCUT2D eigenvalue weighted by molar-refractivity contribution is -0.137. The minimum Gasteiger partial charge on any atom is -0.451 e. The molecule has 8 heteroatoms. The van der Waals surface area contributed by atoms with Crippen LogP contribution in [-0.4, -0.2) is 41.9 Å². The highest BCUT2D eigenvalue weighted by Gasteiger charge is 2.30. The fourth-order valence-electron chi connectivity index (χ4n) is 3.59. The molecular formula is C23H20F4N2O2. The largest absolute Gasteiger partial charge is 0.451 e. The first-order chi connectivity index (χ1) is 14.8. The van der Waals surface area contributed by atoms with E-state index in [1.165, 1.54) is 18.2 Å². The predicted molar refractivity (Wildman–Crippen MR) is 107 cm³/mol. The van der Waals surface area contributed by atoms with E-state index < -0.39 is 11.7 Å². The van der Waals surface area contributed by atoms with Crippen LogP contribution in [0.5, 0.6) is 0 Å². The van der Waals surface area contributed by atoms with Gasteiger partial charge in [-0.1, -0.05) is 18.2 Å². The molecule has 0 unspecified atom stereocenters. The molecule has 2 heterocycles. The van der Waals surface area contributed by atoms with Crippen LogP contribution >= 0.6 is 0 Å². The van der Waals surface area contributed by atoms with Crippen LogP contribution in [0, 0.1) is 5.82 Å². The molecule has 2 aromatic carbocycles. The summed E-state index contributed by atoms with van der Waals surface area (Å²) < 4.78 is 57.4. The van der Waals surface area contributed by atoms with Crippen LogP contribution in [0.2, 0.25) is 0 Å². The molecule has 0 saturated carbocycles. The van der Waals surface area contributed by atoms with Gasteiger partial charge in [-0.05, 0) is 48.0 Å². The standard InChI is InChI=1S/C23H20F4N2O2/c24-19-6-4-17(5-7-19)20-8-9-21(31-20)22(30)29-12-10-28(11-13-29)15-16-2-1-3-18(14-16)23(25,26)27/h1-9,14H,10-13,15H2. The fraction of sp³-hybridized carbons (Fsp3) is 0.261. The Morgan fingerprint density at radius 1 is 0.935 bits per heavy atom. The SMILES string of the molecule is O=C(c1ccc(-c2ccc(F)cc2)o1)N1CCN(Cc2cccc(C(F)(F)F)c2)CC1. The van der Waals surface area contributed by atoms with E-state index in [0.29, 0.717) is 49.6 Å². The molecule has 1 amide bonds. The van der Waals surface area contributed by atoms with Crippen molar-refractivity contribution in [3.8, 4) is 11.3 Å². The molecule has 1 fully saturated rings. The number of benzene rings is 2. The van der Waals surface area contributed by atoms with Crippen molar-refractivity contribution in [3.63, 3.8) is 0 Å². The van der Waals surface area contributed by atoms with Crippen LogP contribution in [0.25, 0.3) is 11.3 Å². The molecule has 0 N–H and O–H groups in total. The molecule has 1 aliphatic heterocycles. The van der Waals surface area contributed by atoms with Gasteiger partial charge in [0.1, 0.15) is 11.6 Å². The van der Waals surface area contributed by atoms with Gasteiger partial charge in [-0.15, -0.1) is 0 Å². The third-order valence-electron chi connectivity index (χ3n) is 5.27. The summed E-state index contributed by atoms with van der Waals surface area (Å²) in [6.07, 6.45) is -4.36. The van der Waals surface area contributed by atoms with Crippen molar-refractivity contribution >= 4 is 5.91 Å². The summed E-state index contributed by atoms with van der Waals surface area (Å²) in [7, 11) is 0. The topological polar surface area (TPSA) is 36.7 Å². The van der Waals surface area contributed by atoms with E-state index in [1.54, 1.807) is 35.2 Å². The van der Waals surface area contributed by atoms with E-state index in [0.717, 1.165) is 12.1 Å². The monoisotopic (exact) mass is 432 g/mol. The maximum atomic E-state index is 13.1. The summed E-state index contributed by atoms with van der Waals surface area (Å²) in [5.41, 5.74) is 0.601. The number of piperazine rings is 1. The maximum Gasteiger partial charge on any atom is 0.416 e. The molecule has 31 heavy (non-hydrogen) atoms. The number of carbonyl (C=O) groups is 1. The van der Waals surface area contributed by atoms with Gasteiger partial charge in [0.25, 0.3) is 5.91 Å². The normalized spacial score (nSPS) is 15.3. The number of furan rings is 1. The van der Waals surface area contributed by atoms with Gasteiger partial charge in [0.05, 0.1) is 5.56 Å². The molecule has 1 aliphatic rings. The van der Waals surface area contributed by atoms with Crippen molar-refractivity contribution in [1.82, 2.24) is 9.80 Å². The quantitative estimate of drug-likeness (QED) is 0.541. The van der Waals surface area contributed by atoms with Gasteiger partial charge in [-0.3, -0.25) is 9.69 Å². The number of nitrogens with zero attached hydrogens (tertiary/aromatic N) is 2. The van der Waals surface area contributed by atoms with Crippen LogP contribution in [0.4, 0.5) is 17.6 Å². The van der Waals surface area contributed by atoms with Gasteiger partial charge < -0.3 is 9.32 Å². The highest BCUT2D eigenvalue weighted by Crippen LogP contribution is 2.30. The lowest BCUT2D eigenvalue weighted by atomic mass is 10.1. The number of halogens is 4. The zero-order valence-corrected chi connectivity index (χ0v) is 16.5. The van der Waals surface area contributed by atoms with Crippen LogP contribution < -0.4 is 0 Å². The predicted octanol–water partition coefficient (Wildman–Crippen LogP) is 5.06. The lowest BCUT2D eigenvalue weighted by Gasteiger charge is -2.34. The molecular weight excluding hydrogens is 412 g/mol. The van der Waals surface area contributed by atoms with Crippen LogP contribution in [0.1, 0.15) is 21.7 Å². The summed E-state index contributed by atoms with van der Waals surface area (Å²) in [6.45, 7) is 2.39. The second-order valence-electron chi connectivity index (χ2n) is 7.44. The first-order valence-electron chi connectivity index (χ1n) is 9.83. The summed E-state index contributed by atoms with van der Waals surface area (Å²) in [5, 5.41) is 0. The Bertz CT molecular complexity index is 1050. The molecule has 1 saturated heterocycles. The molecule has 0 bridgehead atoms. The molecule has 0 spiro atoms. The number of carbonyl (C=O) groups excluding carboxylic acids is 1. The Hall–Kier alpha value is -3.13. The minimum atomic E-state index is -4.36. The van der Waals surface area contributed by atoms with Gasteiger partial charge in [0.15, 0.2) is 5.76 Å². The Balaban J connectivity index is 1.35. The Morgan fingerprint density at radius 2 is 1.65 bits per heavy atom. The van der Waals surface area contributed by atoms with Crippen molar-refractivity contribution in [3.05, 3.63) is 83.4 Å². The summed E-state index contributed by atoms with van der Waals surface area (Å²) in [5.74, 6) is 0.0823. The number of rotatable bonds is 4. The Morgan fingerprint density at radius 3 is 2.32 bits per heavy atom. The molecule has 1 aromatic heterocycles. The van der Waals surface area contributed by atoms with Crippen LogP contribution in [-0.2, 0) is 12.7 Å². The van der Waals surface area contributed by atoms with Crippen molar-refractivity contribution in [1.29, 1.82) is 0 Å². The molecule has 0 radical (unpaired) electrons. The second kappa shape index (κ2) is 8.55. The first-order valence-corrected chi connectivity index (χ1v) is 9.83. The van der Waals surface area contributed by atoms with Crippen LogP contribution in [0.3, 0.4) is 0 Å². The summed E-state index contributed by atoms with van der Waals surface area (Å²) in [6, 6.07) is 14.4. The van der Waals surface area contributed by atoms with Crippen molar-refractivity contribution in [2.24, 2.45) is 0 Å². The average molecular weight is 432 g/mol. The number of alkyl halides is 3. The minimum absolute atomic E-state index is 0.200. The van der Waals surface area contributed by atoms with Crippen molar-refractivity contribution in [2.75, 3.05) is 26.2 Å². The average Bonchev–Trinajstić information content (AvgIpc) is 3.24. The smallest absolute Gasteiger partial charge is 0.416 e. The van der Waals surface area contributed by atoms with Gasteiger partial charge in [0, 0.05) is 38.3 Å².